The molecule has 0 saturated carbocycles. The largest absolute Gasteiger partial charge is 0.495 e. The molecule has 0 aliphatic carbocycles. The van der Waals surface area contributed by atoms with Crippen LogP contribution in [0.5, 0.6) is 5.75 Å². The molecule has 0 spiro atoms. The third-order valence-corrected chi connectivity index (χ3v) is 3.14. The van der Waals surface area contributed by atoms with Crippen LogP contribution in [0.25, 0.3) is 0 Å². The Morgan fingerprint density at radius 2 is 2.00 bits per heavy atom. The van der Waals surface area contributed by atoms with Gasteiger partial charge < -0.3 is 15.8 Å². The summed E-state index contributed by atoms with van der Waals surface area (Å²) in [4.78, 5) is 11.8. The summed E-state index contributed by atoms with van der Waals surface area (Å²) in [7, 11) is 1.57. The van der Waals surface area contributed by atoms with Gasteiger partial charge in [-0.15, -0.1) is 12.4 Å². The number of nitrogens with two attached hydrogens (primary N) is 1. The van der Waals surface area contributed by atoms with Gasteiger partial charge in [0, 0.05) is 12.1 Å². The van der Waals surface area contributed by atoms with Crippen LogP contribution in [0.4, 0.5) is 11.4 Å². The molecule has 0 aliphatic rings. The number of anilines is 2. The Bertz CT molecular complexity index is 406. The van der Waals surface area contributed by atoms with Crippen LogP contribution < -0.4 is 15.8 Å². The predicted octanol–water partition coefficient (Wildman–Crippen LogP) is 3.46. The first-order chi connectivity index (χ1) is 8.60. The van der Waals surface area contributed by atoms with E-state index in [1.54, 1.807) is 25.3 Å². The molecule has 108 valence electrons. The standard InChI is InChI=1S/C14H22N2O2.ClH/c1-4-10(5-2)8-14(17)16-11-6-7-13(18-3)12(15)9-11;/h6-7,9-10H,4-5,8,15H2,1-3H3,(H,16,17);1H. The quantitative estimate of drug-likeness (QED) is 0.787. The van der Waals surface area contributed by atoms with Crippen LogP contribution in [0, 0.1) is 5.92 Å². The Labute approximate surface area is 121 Å². The molecule has 1 aromatic rings. The summed E-state index contributed by atoms with van der Waals surface area (Å²) in [6.45, 7) is 4.21. The van der Waals surface area contributed by atoms with E-state index in [2.05, 4.69) is 19.2 Å². The highest BCUT2D eigenvalue weighted by atomic mass is 35.5. The number of carbonyl (C=O) groups excluding carboxylic acids is 1. The fourth-order valence-corrected chi connectivity index (χ4v) is 1.86. The first-order valence-corrected chi connectivity index (χ1v) is 6.34. The SMILES string of the molecule is CCC(CC)CC(=O)Nc1ccc(OC)c(N)c1.Cl. The molecule has 0 aliphatic heterocycles. The van der Waals surface area contributed by atoms with Gasteiger partial charge in [-0.2, -0.15) is 0 Å². The van der Waals surface area contributed by atoms with E-state index in [4.69, 9.17) is 10.5 Å². The number of hydrogen-bond donors (Lipinski definition) is 2. The lowest BCUT2D eigenvalue weighted by atomic mass is 9.99. The summed E-state index contributed by atoms with van der Waals surface area (Å²) in [5, 5.41) is 2.86. The minimum Gasteiger partial charge on any atom is -0.495 e. The van der Waals surface area contributed by atoms with Crippen molar-refractivity contribution in [1.29, 1.82) is 0 Å². The van der Waals surface area contributed by atoms with Gasteiger partial charge in [-0.1, -0.05) is 26.7 Å². The molecule has 0 heterocycles. The lowest BCUT2D eigenvalue weighted by Gasteiger charge is -2.13. The molecule has 4 nitrogen and oxygen atoms in total. The van der Waals surface area contributed by atoms with Crippen molar-refractivity contribution < 1.29 is 9.53 Å². The molecule has 0 fully saturated rings. The van der Waals surface area contributed by atoms with Crippen molar-refractivity contribution in [2.75, 3.05) is 18.2 Å². The van der Waals surface area contributed by atoms with Crippen molar-refractivity contribution in [2.24, 2.45) is 5.92 Å². The van der Waals surface area contributed by atoms with Gasteiger partial charge in [0.15, 0.2) is 0 Å². The fourth-order valence-electron chi connectivity index (χ4n) is 1.86. The molecule has 5 heteroatoms. The summed E-state index contributed by atoms with van der Waals surface area (Å²) in [6.07, 6.45) is 2.60. The smallest absolute Gasteiger partial charge is 0.224 e. The second kappa shape index (κ2) is 8.64. The first kappa shape index (κ1) is 17.6. The number of carbonyl (C=O) groups is 1. The number of rotatable bonds is 6. The van der Waals surface area contributed by atoms with Crippen molar-refractivity contribution in [3.8, 4) is 5.75 Å². The van der Waals surface area contributed by atoms with E-state index in [9.17, 15) is 4.79 Å². The third kappa shape index (κ3) is 5.39. The van der Waals surface area contributed by atoms with Gasteiger partial charge in [0.25, 0.3) is 0 Å². The van der Waals surface area contributed by atoms with Crippen LogP contribution in [0.1, 0.15) is 33.1 Å². The number of amides is 1. The van der Waals surface area contributed by atoms with Gasteiger partial charge in [0.05, 0.1) is 12.8 Å². The van der Waals surface area contributed by atoms with Crippen LogP contribution in [0.2, 0.25) is 0 Å². The average Bonchev–Trinajstić information content (AvgIpc) is 2.36. The summed E-state index contributed by atoms with van der Waals surface area (Å²) in [5.74, 6) is 1.10. The number of nitrogen functional groups attached to an aromatic ring is 1. The highest BCUT2D eigenvalue weighted by molar-refractivity contribution is 5.91. The van der Waals surface area contributed by atoms with Gasteiger partial charge in [-0.05, 0) is 24.1 Å². The maximum atomic E-state index is 11.8. The Balaban J connectivity index is 0.00000324. The van der Waals surface area contributed by atoms with E-state index in [1.165, 1.54) is 0 Å². The molecule has 0 aromatic heterocycles. The lowest BCUT2D eigenvalue weighted by molar-refractivity contribution is -0.117. The molecular formula is C14H23ClN2O2. The van der Waals surface area contributed by atoms with Crippen molar-refractivity contribution >= 4 is 29.7 Å². The topological polar surface area (TPSA) is 64.3 Å². The molecule has 1 amide bonds. The maximum absolute atomic E-state index is 11.8. The van der Waals surface area contributed by atoms with Crippen LogP contribution in [0.15, 0.2) is 18.2 Å². The Kier molecular flexibility index (Phi) is 8.00. The van der Waals surface area contributed by atoms with E-state index < -0.39 is 0 Å². The molecular weight excluding hydrogens is 264 g/mol. The second-order valence-corrected chi connectivity index (χ2v) is 4.39. The zero-order valence-corrected chi connectivity index (χ0v) is 12.5. The first-order valence-electron chi connectivity index (χ1n) is 6.34. The molecule has 1 rings (SSSR count). The summed E-state index contributed by atoms with van der Waals surface area (Å²) in [6, 6.07) is 5.26. The van der Waals surface area contributed by atoms with Crippen molar-refractivity contribution in [1.82, 2.24) is 0 Å². The fraction of sp³-hybridized carbons (Fsp3) is 0.500. The summed E-state index contributed by atoms with van der Waals surface area (Å²) >= 11 is 0. The molecule has 0 unspecified atom stereocenters. The van der Waals surface area contributed by atoms with Gasteiger partial charge in [0.1, 0.15) is 5.75 Å². The van der Waals surface area contributed by atoms with E-state index in [1.807, 2.05) is 0 Å². The van der Waals surface area contributed by atoms with Crippen LogP contribution in [-0.4, -0.2) is 13.0 Å². The Hall–Kier alpha value is -1.42. The number of halogens is 1. The van der Waals surface area contributed by atoms with E-state index in [-0.39, 0.29) is 18.3 Å². The highest BCUT2D eigenvalue weighted by Gasteiger charge is 2.11. The van der Waals surface area contributed by atoms with Crippen molar-refractivity contribution in [2.45, 2.75) is 33.1 Å². The summed E-state index contributed by atoms with van der Waals surface area (Å²) in [5.41, 5.74) is 7.02. The number of ether oxygens (including phenoxy) is 1. The normalized spacial score (nSPS) is 9.89. The van der Waals surface area contributed by atoms with Crippen LogP contribution >= 0.6 is 12.4 Å². The third-order valence-electron chi connectivity index (χ3n) is 3.14. The molecule has 0 bridgehead atoms. The molecule has 0 saturated heterocycles. The zero-order chi connectivity index (χ0) is 13.5. The maximum Gasteiger partial charge on any atom is 0.224 e. The minimum absolute atomic E-state index is 0. The van der Waals surface area contributed by atoms with E-state index in [0.717, 1.165) is 12.8 Å². The van der Waals surface area contributed by atoms with Gasteiger partial charge in [-0.3, -0.25) is 4.79 Å². The molecule has 0 radical (unpaired) electrons. The second-order valence-electron chi connectivity index (χ2n) is 4.39. The zero-order valence-electron chi connectivity index (χ0n) is 11.7. The van der Waals surface area contributed by atoms with Crippen molar-refractivity contribution in [3.63, 3.8) is 0 Å². The van der Waals surface area contributed by atoms with Crippen LogP contribution in [0.3, 0.4) is 0 Å². The lowest BCUT2D eigenvalue weighted by Crippen LogP contribution is -2.16. The van der Waals surface area contributed by atoms with E-state index in [0.29, 0.717) is 29.5 Å². The minimum atomic E-state index is 0. The van der Waals surface area contributed by atoms with Gasteiger partial charge in [0.2, 0.25) is 5.91 Å². The predicted molar refractivity (Wildman–Crippen MR) is 82.0 cm³/mol. The van der Waals surface area contributed by atoms with Crippen LogP contribution in [-0.2, 0) is 4.79 Å². The Morgan fingerprint density at radius 3 is 2.47 bits per heavy atom. The highest BCUT2D eigenvalue weighted by Crippen LogP contribution is 2.25. The summed E-state index contributed by atoms with van der Waals surface area (Å²) < 4.78 is 5.07. The van der Waals surface area contributed by atoms with Gasteiger partial charge >= 0.3 is 0 Å². The molecule has 1 aromatic carbocycles. The average molecular weight is 287 g/mol. The van der Waals surface area contributed by atoms with Crippen molar-refractivity contribution in [3.05, 3.63) is 18.2 Å². The Morgan fingerprint density at radius 1 is 1.37 bits per heavy atom. The molecule has 0 atom stereocenters. The van der Waals surface area contributed by atoms with E-state index >= 15 is 0 Å². The number of hydrogen-bond acceptors (Lipinski definition) is 3. The monoisotopic (exact) mass is 286 g/mol. The number of benzene rings is 1. The molecule has 19 heavy (non-hydrogen) atoms. The molecule has 3 N–H and O–H groups in total. The number of nitrogens with one attached hydrogen (secondary N) is 1. The van der Waals surface area contributed by atoms with Gasteiger partial charge in [-0.25, -0.2) is 0 Å². The number of methoxy groups -OCH3 is 1.